The molecule has 0 bridgehead atoms. The third-order valence-corrected chi connectivity index (χ3v) is 4.26. The first kappa shape index (κ1) is 20.9. The summed E-state index contributed by atoms with van der Waals surface area (Å²) < 4.78 is 11.1. The van der Waals surface area contributed by atoms with Crippen molar-refractivity contribution in [3.63, 3.8) is 0 Å². The molecule has 0 heterocycles. The first-order valence-corrected chi connectivity index (χ1v) is 9.78. The lowest BCUT2D eigenvalue weighted by molar-refractivity contribution is 0.102. The number of ether oxygens (including phenoxy) is 2. The van der Waals surface area contributed by atoms with Crippen LogP contribution in [-0.2, 0) is 0 Å². The van der Waals surface area contributed by atoms with E-state index in [4.69, 9.17) is 9.47 Å². The molecule has 0 aliphatic carbocycles. The molecule has 0 saturated carbocycles. The van der Waals surface area contributed by atoms with E-state index in [1.54, 1.807) is 48.5 Å². The summed E-state index contributed by atoms with van der Waals surface area (Å²) in [6.07, 6.45) is 0. The van der Waals surface area contributed by atoms with E-state index >= 15 is 0 Å². The van der Waals surface area contributed by atoms with Crippen molar-refractivity contribution in [2.24, 2.45) is 0 Å². The van der Waals surface area contributed by atoms with Crippen LogP contribution in [0.15, 0.2) is 72.8 Å². The van der Waals surface area contributed by atoms with Crippen molar-refractivity contribution in [1.82, 2.24) is 0 Å². The van der Waals surface area contributed by atoms with Crippen molar-refractivity contribution < 1.29 is 19.1 Å². The van der Waals surface area contributed by atoms with E-state index in [0.717, 1.165) is 0 Å². The van der Waals surface area contributed by atoms with Gasteiger partial charge >= 0.3 is 0 Å². The Labute approximate surface area is 175 Å². The number of para-hydroxylation sites is 4. The monoisotopic (exact) mass is 404 g/mol. The van der Waals surface area contributed by atoms with Gasteiger partial charge in [0.15, 0.2) is 0 Å². The Morgan fingerprint density at radius 2 is 1.10 bits per heavy atom. The quantitative estimate of drug-likeness (QED) is 0.555. The fourth-order valence-corrected chi connectivity index (χ4v) is 2.89. The van der Waals surface area contributed by atoms with E-state index < -0.39 is 0 Å². The van der Waals surface area contributed by atoms with Gasteiger partial charge < -0.3 is 20.1 Å². The number of rotatable bonds is 8. The van der Waals surface area contributed by atoms with Crippen molar-refractivity contribution >= 4 is 23.2 Å². The van der Waals surface area contributed by atoms with Gasteiger partial charge in [-0.3, -0.25) is 9.59 Å². The van der Waals surface area contributed by atoms with Crippen LogP contribution in [0.25, 0.3) is 0 Å². The van der Waals surface area contributed by atoms with Crippen molar-refractivity contribution in [1.29, 1.82) is 0 Å². The standard InChI is InChI=1S/C24H24N2O4/c1-3-29-21-14-7-5-12-19(21)25-23(27)17-10-9-11-18(16-17)24(28)26-20-13-6-8-15-22(20)30-4-2/h5-16H,3-4H2,1-2H3,(H,25,27)(H,26,28). The molecule has 3 aromatic carbocycles. The Bertz CT molecular complexity index is 954. The summed E-state index contributed by atoms with van der Waals surface area (Å²) >= 11 is 0. The summed E-state index contributed by atoms with van der Waals surface area (Å²) in [5.41, 5.74) is 1.88. The number of carbonyl (C=O) groups is 2. The summed E-state index contributed by atoms with van der Waals surface area (Å²) in [6.45, 7) is 4.74. The van der Waals surface area contributed by atoms with Crippen LogP contribution in [-0.4, -0.2) is 25.0 Å². The smallest absolute Gasteiger partial charge is 0.255 e. The first-order chi connectivity index (χ1) is 14.6. The molecule has 0 aliphatic heterocycles. The molecule has 0 unspecified atom stereocenters. The molecule has 3 aromatic rings. The van der Waals surface area contributed by atoms with Crippen LogP contribution in [0.1, 0.15) is 34.6 Å². The summed E-state index contributed by atoms with van der Waals surface area (Å²) in [7, 11) is 0. The third-order valence-electron chi connectivity index (χ3n) is 4.26. The minimum absolute atomic E-state index is 0.327. The van der Waals surface area contributed by atoms with Gasteiger partial charge in [-0.05, 0) is 56.3 Å². The normalized spacial score (nSPS) is 10.2. The van der Waals surface area contributed by atoms with E-state index in [1.165, 1.54) is 0 Å². The molecule has 154 valence electrons. The Kier molecular flexibility index (Phi) is 7.05. The zero-order valence-corrected chi connectivity index (χ0v) is 17.0. The molecule has 0 aromatic heterocycles. The summed E-state index contributed by atoms with van der Waals surface area (Å²) in [5.74, 6) is 0.530. The molecule has 0 saturated heterocycles. The van der Waals surface area contributed by atoms with Crippen molar-refractivity contribution in [3.05, 3.63) is 83.9 Å². The maximum atomic E-state index is 12.7. The molecular formula is C24H24N2O4. The molecule has 2 N–H and O–H groups in total. The van der Waals surface area contributed by atoms with Gasteiger partial charge in [0.25, 0.3) is 11.8 Å². The number of carbonyl (C=O) groups excluding carboxylic acids is 2. The maximum absolute atomic E-state index is 12.7. The molecule has 0 aliphatic rings. The topological polar surface area (TPSA) is 76.7 Å². The lowest BCUT2D eigenvalue weighted by Gasteiger charge is -2.13. The van der Waals surface area contributed by atoms with Crippen LogP contribution in [0.3, 0.4) is 0 Å². The highest BCUT2D eigenvalue weighted by molar-refractivity contribution is 6.09. The van der Waals surface area contributed by atoms with Gasteiger partial charge in [0.2, 0.25) is 0 Å². The van der Waals surface area contributed by atoms with E-state index in [1.807, 2.05) is 38.1 Å². The van der Waals surface area contributed by atoms with Crippen molar-refractivity contribution in [2.75, 3.05) is 23.8 Å². The second-order valence-electron chi connectivity index (χ2n) is 6.35. The predicted octanol–water partition coefficient (Wildman–Crippen LogP) is 4.99. The van der Waals surface area contributed by atoms with E-state index in [2.05, 4.69) is 10.6 Å². The van der Waals surface area contributed by atoms with Crippen LogP contribution < -0.4 is 20.1 Å². The van der Waals surface area contributed by atoms with Gasteiger partial charge in [-0.25, -0.2) is 0 Å². The van der Waals surface area contributed by atoms with Gasteiger partial charge in [0.1, 0.15) is 11.5 Å². The van der Waals surface area contributed by atoms with Gasteiger partial charge in [0, 0.05) is 11.1 Å². The number of nitrogens with one attached hydrogen (secondary N) is 2. The van der Waals surface area contributed by atoms with E-state index in [9.17, 15) is 9.59 Å². The van der Waals surface area contributed by atoms with Crippen LogP contribution in [0, 0.1) is 0 Å². The Morgan fingerprint density at radius 1 is 0.667 bits per heavy atom. The predicted molar refractivity (Wildman–Crippen MR) is 118 cm³/mol. The molecule has 0 spiro atoms. The molecule has 0 radical (unpaired) electrons. The van der Waals surface area contributed by atoms with Gasteiger partial charge in [-0.2, -0.15) is 0 Å². The lowest BCUT2D eigenvalue weighted by atomic mass is 10.1. The van der Waals surface area contributed by atoms with E-state index in [0.29, 0.717) is 47.2 Å². The van der Waals surface area contributed by atoms with Crippen LogP contribution in [0.4, 0.5) is 11.4 Å². The molecular weight excluding hydrogens is 380 g/mol. The maximum Gasteiger partial charge on any atom is 0.255 e. The molecule has 0 fully saturated rings. The van der Waals surface area contributed by atoms with Gasteiger partial charge in [-0.1, -0.05) is 30.3 Å². The minimum Gasteiger partial charge on any atom is -0.492 e. The molecule has 3 rings (SSSR count). The second-order valence-corrected chi connectivity index (χ2v) is 6.35. The third kappa shape index (κ3) is 5.17. The van der Waals surface area contributed by atoms with E-state index in [-0.39, 0.29) is 11.8 Å². The average Bonchev–Trinajstić information content (AvgIpc) is 2.77. The Morgan fingerprint density at radius 3 is 1.53 bits per heavy atom. The van der Waals surface area contributed by atoms with Crippen molar-refractivity contribution in [3.8, 4) is 11.5 Å². The number of amides is 2. The summed E-state index contributed by atoms with van der Waals surface area (Å²) in [6, 6.07) is 21.0. The highest BCUT2D eigenvalue weighted by Gasteiger charge is 2.14. The molecule has 6 nitrogen and oxygen atoms in total. The molecule has 30 heavy (non-hydrogen) atoms. The SMILES string of the molecule is CCOc1ccccc1NC(=O)c1cccc(C(=O)Nc2ccccc2OCC)c1. The molecule has 0 atom stereocenters. The minimum atomic E-state index is -0.327. The molecule has 2 amide bonds. The number of benzene rings is 3. The lowest BCUT2D eigenvalue weighted by Crippen LogP contribution is -2.16. The van der Waals surface area contributed by atoms with Crippen LogP contribution >= 0.6 is 0 Å². The second kappa shape index (κ2) is 10.1. The van der Waals surface area contributed by atoms with Gasteiger partial charge in [-0.15, -0.1) is 0 Å². The number of anilines is 2. The summed E-state index contributed by atoms with van der Waals surface area (Å²) in [4.78, 5) is 25.4. The summed E-state index contributed by atoms with van der Waals surface area (Å²) in [5, 5.41) is 5.68. The van der Waals surface area contributed by atoms with Crippen molar-refractivity contribution in [2.45, 2.75) is 13.8 Å². The Balaban J connectivity index is 1.76. The highest BCUT2D eigenvalue weighted by Crippen LogP contribution is 2.26. The first-order valence-electron chi connectivity index (χ1n) is 9.78. The largest absolute Gasteiger partial charge is 0.492 e. The van der Waals surface area contributed by atoms with Crippen LogP contribution in [0.5, 0.6) is 11.5 Å². The fraction of sp³-hybridized carbons (Fsp3) is 0.167. The zero-order valence-electron chi connectivity index (χ0n) is 17.0. The average molecular weight is 404 g/mol. The number of hydrogen-bond donors (Lipinski definition) is 2. The van der Waals surface area contributed by atoms with Crippen LogP contribution in [0.2, 0.25) is 0 Å². The molecule has 6 heteroatoms. The Hall–Kier alpha value is -3.80. The number of hydrogen-bond acceptors (Lipinski definition) is 4. The fourth-order valence-electron chi connectivity index (χ4n) is 2.89. The highest BCUT2D eigenvalue weighted by atomic mass is 16.5. The van der Waals surface area contributed by atoms with Gasteiger partial charge in [0.05, 0.1) is 24.6 Å². The zero-order chi connectivity index (χ0) is 21.3.